The molecule has 1 fully saturated rings. The summed E-state index contributed by atoms with van der Waals surface area (Å²) in [6.45, 7) is 2.67. The summed E-state index contributed by atoms with van der Waals surface area (Å²) in [6, 6.07) is 4.75. The maximum atomic E-state index is 13.5. The number of rotatable bonds is 9. The van der Waals surface area contributed by atoms with E-state index in [1.54, 1.807) is 20.9 Å². The first-order valence-corrected chi connectivity index (χ1v) is 16.4. The summed E-state index contributed by atoms with van der Waals surface area (Å²) in [5.74, 6) is 0. The average molecular weight is 628 g/mol. The number of aryl methyl sites for hydroxylation is 1. The topological polar surface area (TPSA) is 171 Å². The van der Waals surface area contributed by atoms with E-state index in [9.17, 15) is 36.0 Å². The first kappa shape index (κ1) is 29.6. The molecule has 0 radical (unpaired) electrons. The van der Waals surface area contributed by atoms with Gasteiger partial charge in [0, 0.05) is 31.1 Å². The van der Waals surface area contributed by atoms with Crippen molar-refractivity contribution < 1.29 is 30.7 Å². The molecule has 3 heterocycles. The number of benzene rings is 1. The van der Waals surface area contributed by atoms with Gasteiger partial charge in [0.15, 0.2) is 10.0 Å². The zero-order valence-corrected chi connectivity index (χ0v) is 24.7. The maximum Gasteiger partial charge on any atom is 0.291 e. The van der Waals surface area contributed by atoms with E-state index < -0.39 is 48.9 Å². The van der Waals surface area contributed by atoms with Gasteiger partial charge in [-0.05, 0) is 56.4 Å². The van der Waals surface area contributed by atoms with Crippen LogP contribution in [-0.2, 0) is 27.1 Å². The highest BCUT2D eigenvalue weighted by molar-refractivity contribution is 7.90. The lowest BCUT2D eigenvalue weighted by Crippen LogP contribution is -2.41. The minimum atomic E-state index is -4.24. The quantitative estimate of drug-likeness (QED) is 0.362. The van der Waals surface area contributed by atoms with Gasteiger partial charge in [-0.3, -0.25) is 4.68 Å². The molecule has 1 saturated carbocycles. The van der Waals surface area contributed by atoms with Gasteiger partial charge < -0.3 is 5.11 Å². The van der Waals surface area contributed by atoms with Crippen LogP contribution < -0.4 is 4.72 Å². The lowest BCUT2D eigenvalue weighted by molar-refractivity contribution is 0.150. The Hall–Kier alpha value is -2.88. The van der Waals surface area contributed by atoms with Crippen LogP contribution in [0.3, 0.4) is 0 Å². The summed E-state index contributed by atoms with van der Waals surface area (Å²) in [5, 5.41) is 30.8. The molecule has 2 N–H and O–H groups in total. The lowest BCUT2D eigenvalue weighted by atomic mass is 9.92. The number of halogens is 2. The number of aliphatic hydroxyl groups is 1. The van der Waals surface area contributed by atoms with Crippen molar-refractivity contribution in [3.63, 3.8) is 0 Å². The van der Waals surface area contributed by atoms with Crippen LogP contribution in [0.2, 0.25) is 0 Å². The zero-order valence-electron chi connectivity index (χ0n) is 22.3. The van der Waals surface area contributed by atoms with E-state index in [0.29, 0.717) is 46.4 Å². The molecule has 3 aromatic rings. The van der Waals surface area contributed by atoms with E-state index in [4.69, 9.17) is 0 Å². The maximum absolute atomic E-state index is 13.5. The fourth-order valence-electron chi connectivity index (χ4n) is 4.82. The van der Waals surface area contributed by atoms with Gasteiger partial charge in [0.2, 0.25) is 20.0 Å². The Morgan fingerprint density at radius 3 is 2.49 bits per heavy atom. The number of aromatic nitrogens is 4. The Kier molecular flexibility index (Phi) is 7.54. The molecule has 1 aliphatic carbocycles. The van der Waals surface area contributed by atoms with Crippen molar-refractivity contribution in [3.05, 3.63) is 28.3 Å². The molecule has 17 heteroatoms. The lowest BCUT2D eigenvalue weighted by Gasteiger charge is -2.31. The Labute approximate surface area is 239 Å². The highest BCUT2D eigenvalue weighted by Gasteiger charge is 2.47. The molecule has 2 aromatic heterocycles. The second-order valence-electron chi connectivity index (χ2n) is 10.3. The number of nitriles is 1. The third kappa shape index (κ3) is 5.28. The number of fused-ring (bicyclic) bond motifs is 1. The van der Waals surface area contributed by atoms with Gasteiger partial charge in [-0.15, -0.1) is 10.2 Å². The van der Waals surface area contributed by atoms with Gasteiger partial charge in [0.25, 0.3) is 6.43 Å². The van der Waals surface area contributed by atoms with E-state index in [1.807, 2.05) is 6.07 Å². The summed E-state index contributed by atoms with van der Waals surface area (Å²) in [6.07, 6.45) is -1.96. The van der Waals surface area contributed by atoms with Crippen LogP contribution in [0.25, 0.3) is 27.2 Å². The molecule has 0 bridgehead atoms. The Balaban J connectivity index is 1.74. The first-order valence-electron chi connectivity index (χ1n) is 12.6. The first-order chi connectivity index (χ1) is 19.2. The summed E-state index contributed by atoms with van der Waals surface area (Å²) < 4.78 is 84.5. The minimum Gasteiger partial charge on any atom is -0.392 e. The van der Waals surface area contributed by atoms with Crippen molar-refractivity contribution in [1.29, 1.82) is 5.26 Å². The van der Waals surface area contributed by atoms with Crippen molar-refractivity contribution in [1.82, 2.24) is 29.0 Å². The van der Waals surface area contributed by atoms with Gasteiger partial charge in [0.05, 0.1) is 28.3 Å². The average Bonchev–Trinajstić information content (AvgIpc) is 3.36. The van der Waals surface area contributed by atoms with Gasteiger partial charge in [-0.1, -0.05) is 11.3 Å². The second kappa shape index (κ2) is 10.4. The zero-order chi connectivity index (χ0) is 29.9. The largest absolute Gasteiger partial charge is 0.392 e. The molecular formula is C24H27F2N7O5S3. The highest BCUT2D eigenvalue weighted by atomic mass is 32.2. The van der Waals surface area contributed by atoms with E-state index >= 15 is 0 Å². The summed E-state index contributed by atoms with van der Waals surface area (Å²) >= 11 is 0.630. The Morgan fingerprint density at radius 1 is 1.22 bits per heavy atom. The number of nitrogens with zero attached hydrogens (tertiary/aromatic N) is 6. The van der Waals surface area contributed by atoms with Crippen LogP contribution in [0.15, 0.2) is 22.6 Å². The summed E-state index contributed by atoms with van der Waals surface area (Å²) in [7, 11) is -6.27. The molecule has 12 nitrogen and oxygen atoms in total. The smallest absolute Gasteiger partial charge is 0.291 e. The molecule has 1 aliphatic heterocycles. The van der Waals surface area contributed by atoms with Crippen molar-refractivity contribution in [3.8, 4) is 16.8 Å². The standard InChI is InChI=1S/C24H27F2N7O5S3/c1-13(2)41(37,38)33-7-4-16(14(10-33)11-34)17-8-15(40(35,36)31-24(12-27)5-6-24)9-18-19(30-32(3)20(17)18)22-28-29-23(39-22)21(25)26/h8-9,13,21,31,34H,4-7,10-11H2,1-3H3. The molecule has 0 atom stereocenters. The molecule has 0 spiro atoms. The van der Waals surface area contributed by atoms with Gasteiger partial charge in [-0.2, -0.15) is 19.4 Å². The predicted molar refractivity (Wildman–Crippen MR) is 147 cm³/mol. The molecule has 220 valence electrons. The third-order valence-corrected chi connectivity index (χ3v) is 11.9. The van der Waals surface area contributed by atoms with Crippen LogP contribution in [0.1, 0.15) is 50.1 Å². The number of hydrogen-bond donors (Lipinski definition) is 2. The van der Waals surface area contributed by atoms with Gasteiger partial charge in [-0.25, -0.2) is 25.6 Å². The van der Waals surface area contributed by atoms with Crippen LogP contribution in [0, 0.1) is 11.3 Å². The fourth-order valence-corrected chi connectivity index (χ4v) is 8.22. The van der Waals surface area contributed by atoms with Crippen molar-refractivity contribution in [2.75, 3.05) is 19.7 Å². The second-order valence-corrected chi connectivity index (χ2v) is 15.5. The third-order valence-electron chi connectivity index (χ3n) is 7.22. The molecule has 0 unspecified atom stereocenters. The Morgan fingerprint density at radius 2 is 1.93 bits per heavy atom. The molecule has 0 amide bonds. The van der Waals surface area contributed by atoms with Crippen molar-refractivity contribution in [2.24, 2.45) is 7.05 Å². The van der Waals surface area contributed by atoms with Crippen molar-refractivity contribution >= 4 is 47.9 Å². The monoisotopic (exact) mass is 627 g/mol. The minimum absolute atomic E-state index is 0.0595. The van der Waals surface area contributed by atoms with Crippen LogP contribution in [-0.4, -0.2) is 76.7 Å². The molecular weight excluding hydrogens is 601 g/mol. The number of aliphatic hydroxyl groups excluding tert-OH is 1. The van der Waals surface area contributed by atoms with E-state index in [1.165, 1.54) is 21.1 Å². The van der Waals surface area contributed by atoms with E-state index in [-0.39, 0.29) is 40.5 Å². The van der Waals surface area contributed by atoms with Crippen LogP contribution in [0.4, 0.5) is 8.78 Å². The van der Waals surface area contributed by atoms with Crippen LogP contribution >= 0.6 is 11.3 Å². The molecule has 1 aromatic carbocycles. The van der Waals surface area contributed by atoms with Crippen molar-refractivity contribution in [2.45, 2.75) is 55.2 Å². The molecule has 41 heavy (non-hydrogen) atoms. The van der Waals surface area contributed by atoms with Crippen LogP contribution in [0.5, 0.6) is 0 Å². The SMILES string of the molecule is CC(C)S(=O)(=O)N1CCC(c2cc(S(=O)(=O)NC3(C#N)CC3)cc3c(-c4nnc(C(F)F)s4)nn(C)c23)=C(CO)C1. The molecule has 5 rings (SSSR count). The van der Waals surface area contributed by atoms with Gasteiger partial charge in [0.1, 0.15) is 11.2 Å². The predicted octanol–water partition coefficient (Wildman–Crippen LogP) is 2.55. The Bertz CT molecular complexity index is 1820. The van der Waals surface area contributed by atoms with Gasteiger partial charge >= 0.3 is 0 Å². The number of nitrogens with one attached hydrogen (secondary N) is 1. The van der Waals surface area contributed by atoms with E-state index in [2.05, 4.69) is 20.0 Å². The highest BCUT2D eigenvalue weighted by Crippen LogP contribution is 2.41. The fraction of sp³-hybridized carbons (Fsp3) is 0.500. The number of alkyl halides is 2. The number of sulfonamides is 2. The molecule has 2 aliphatic rings. The normalized spacial score (nSPS) is 18.0. The summed E-state index contributed by atoms with van der Waals surface area (Å²) in [5.41, 5.74) is 0.691. The summed E-state index contributed by atoms with van der Waals surface area (Å²) in [4.78, 5) is -0.198. The number of hydrogen-bond acceptors (Lipinski definition) is 10. The molecule has 0 saturated heterocycles. The van der Waals surface area contributed by atoms with E-state index in [0.717, 1.165) is 0 Å².